The van der Waals surface area contributed by atoms with E-state index >= 15 is 0 Å². The van der Waals surface area contributed by atoms with Crippen LogP contribution < -0.4 is 9.47 Å². The number of methoxy groups -OCH3 is 2. The number of ether oxygens (including phenoxy) is 2. The normalized spacial score (nSPS) is 13.8. The van der Waals surface area contributed by atoms with Crippen LogP contribution >= 0.6 is 11.3 Å². The van der Waals surface area contributed by atoms with Gasteiger partial charge in [-0.3, -0.25) is 9.59 Å². The Hall–Kier alpha value is -3.85. The van der Waals surface area contributed by atoms with Crippen molar-refractivity contribution in [3.63, 3.8) is 0 Å². The van der Waals surface area contributed by atoms with Crippen LogP contribution in [-0.2, 0) is 0 Å². The zero-order valence-electron chi connectivity index (χ0n) is 18.8. The second-order valence-corrected chi connectivity index (χ2v) is 8.70. The van der Waals surface area contributed by atoms with Gasteiger partial charge in [0.25, 0.3) is 11.8 Å². The molecule has 0 unspecified atom stereocenters. The topological polar surface area (TPSA) is 85.1 Å². The van der Waals surface area contributed by atoms with Crippen LogP contribution in [0, 0.1) is 0 Å². The Morgan fingerprint density at radius 2 is 1.62 bits per heavy atom. The van der Waals surface area contributed by atoms with Crippen molar-refractivity contribution >= 4 is 34.1 Å². The minimum Gasteiger partial charge on any atom is -0.493 e. The van der Waals surface area contributed by atoms with Crippen molar-refractivity contribution in [3.8, 4) is 22.1 Å². The van der Waals surface area contributed by atoms with E-state index in [0.29, 0.717) is 54.7 Å². The maximum Gasteiger partial charge on any atom is 0.289 e. The molecule has 0 bridgehead atoms. The first-order chi connectivity index (χ1) is 16.6. The fourth-order valence-electron chi connectivity index (χ4n) is 3.99. The molecule has 0 atom stereocenters. The highest BCUT2D eigenvalue weighted by atomic mass is 32.1. The highest BCUT2D eigenvalue weighted by Crippen LogP contribution is 2.33. The largest absolute Gasteiger partial charge is 0.493 e. The van der Waals surface area contributed by atoms with Gasteiger partial charge in [0.15, 0.2) is 17.3 Å². The van der Waals surface area contributed by atoms with Gasteiger partial charge in [-0.1, -0.05) is 18.2 Å². The molecule has 2 amide bonds. The van der Waals surface area contributed by atoms with Crippen LogP contribution in [0.25, 0.3) is 21.5 Å². The lowest BCUT2D eigenvalue weighted by Gasteiger charge is -2.34. The lowest BCUT2D eigenvalue weighted by Crippen LogP contribution is -2.50. The van der Waals surface area contributed by atoms with Crippen LogP contribution in [0.2, 0.25) is 0 Å². The summed E-state index contributed by atoms with van der Waals surface area (Å²) in [6.45, 7) is 1.75. The van der Waals surface area contributed by atoms with Crippen LogP contribution in [0.4, 0.5) is 0 Å². The van der Waals surface area contributed by atoms with Crippen molar-refractivity contribution in [2.24, 2.45) is 0 Å². The molecule has 34 heavy (non-hydrogen) atoms. The Morgan fingerprint density at radius 3 is 2.32 bits per heavy atom. The average molecular weight is 478 g/mol. The molecule has 0 N–H and O–H groups in total. The van der Waals surface area contributed by atoms with Crippen LogP contribution in [0.3, 0.4) is 0 Å². The fourth-order valence-corrected chi connectivity index (χ4v) is 4.78. The highest BCUT2D eigenvalue weighted by Gasteiger charge is 2.28. The summed E-state index contributed by atoms with van der Waals surface area (Å²) < 4.78 is 16.4. The van der Waals surface area contributed by atoms with Crippen molar-refractivity contribution in [3.05, 3.63) is 65.4 Å². The van der Waals surface area contributed by atoms with Gasteiger partial charge in [-0.15, -0.1) is 11.3 Å². The number of hydrogen-bond donors (Lipinski definition) is 0. The Morgan fingerprint density at radius 1 is 0.912 bits per heavy atom. The van der Waals surface area contributed by atoms with Crippen LogP contribution in [0.1, 0.15) is 21.0 Å². The van der Waals surface area contributed by atoms with Crippen LogP contribution in [-0.4, -0.2) is 67.0 Å². The molecule has 0 saturated carbocycles. The second kappa shape index (κ2) is 9.18. The maximum absolute atomic E-state index is 13.0. The monoisotopic (exact) mass is 477 g/mol. The minimum absolute atomic E-state index is 0.140. The van der Waals surface area contributed by atoms with Gasteiger partial charge in [-0.2, -0.15) is 0 Å². The number of carbonyl (C=O) groups excluding carboxylic acids is 2. The standard InChI is InChI=1S/C25H23N3O5S/c1-31-20-8-7-17(14-21(20)32-2)23-26-18(15-34-23)24(29)27-9-11-28(12-10-27)25(30)22-13-16-5-3-4-6-19(16)33-22/h3-8,13-15H,9-12H2,1-2H3. The van der Waals surface area contributed by atoms with Gasteiger partial charge in [-0.05, 0) is 30.3 Å². The van der Waals surface area contributed by atoms with Crippen molar-refractivity contribution < 1.29 is 23.5 Å². The molecule has 0 radical (unpaired) electrons. The van der Waals surface area contributed by atoms with Gasteiger partial charge in [0.2, 0.25) is 0 Å². The average Bonchev–Trinajstić information content (AvgIpc) is 3.55. The number of piperazine rings is 1. The van der Waals surface area contributed by atoms with E-state index in [1.807, 2.05) is 42.5 Å². The number of benzene rings is 2. The molecule has 8 nitrogen and oxygen atoms in total. The van der Waals surface area contributed by atoms with E-state index in [4.69, 9.17) is 13.9 Å². The van der Waals surface area contributed by atoms with E-state index in [9.17, 15) is 9.59 Å². The predicted molar refractivity (Wildman–Crippen MR) is 129 cm³/mol. The summed E-state index contributed by atoms with van der Waals surface area (Å²) in [4.78, 5) is 33.9. The summed E-state index contributed by atoms with van der Waals surface area (Å²) in [5.74, 6) is 1.26. The number of furan rings is 1. The zero-order valence-corrected chi connectivity index (χ0v) is 19.6. The Bertz CT molecular complexity index is 1320. The van der Waals surface area contributed by atoms with E-state index in [0.717, 1.165) is 16.0 Å². The van der Waals surface area contributed by atoms with E-state index in [-0.39, 0.29) is 11.8 Å². The number of carbonyl (C=O) groups is 2. The molecule has 1 fully saturated rings. The van der Waals surface area contributed by atoms with Crippen LogP contribution in [0.15, 0.2) is 58.3 Å². The lowest BCUT2D eigenvalue weighted by molar-refractivity contribution is 0.0517. The van der Waals surface area contributed by atoms with Crippen LogP contribution in [0.5, 0.6) is 11.5 Å². The third-order valence-electron chi connectivity index (χ3n) is 5.84. The lowest BCUT2D eigenvalue weighted by atomic mass is 10.2. The quantitative estimate of drug-likeness (QED) is 0.429. The van der Waals surface area contributed by atoms with Gasteiger partial charge in [0.1, 0.15) is 16.3 Å². The molecule has 1 aliphatic rings. The van der Waals surface area contributed by atoms with Crippen molar-refractivity contribution in [1.29, 1.82) is 0 Å². The molecule has 5 rings (SSSR count). The number of amides is 2. The smallest absolute Gasteiger partial charge is 0.289 e. The molecule has 0 aliphatic carbocycles. The second-order valence-electron chi connectivity index (χ2n) is 7.84. The molecule has 9 heteroatoms. The SMILES string of the molecule is COc1ccc(-c2nc(C(=O)N3CCN(C(=O)c4cc5ccccc5o4)CC3)cs2)cc1OC. The first-order valence-electron chi connectivity index (χ1n) is 10.8. The summed E-state index contributed by atoms with van der Waals surface area (Å²) in [6.07, 6.45) is 0. The van der Waals surface area contributed by atoms with Crippen molar-refractivity contribution in [2.45, 2.75) is 0 Å². The number of fused-ring (bicyclic) bond motifs is 1. The molecular weight excluding hydrogens is 454 g/mol. The third-order valence-corrected chi connectivity index (χ3v) is 6.74. The number of hydrogen-bond acceptors (Lipinski definition) is 7. The first-order valence-corrected chi connectivity index (χ1v) is 11.7. The third kappa shape index (κ3) is 4.10. The number of aromatic nitrogens is 1. The van der Waals surface area contributed by atoms with E-state index < -0.39 is 0 Å². The predicted octanol–water partition coefficient (Wildman–Crippen LogP) is 4.17. The molecular formula is C25H23N3O5S. The summed E-state index contributed by atoms with van der Waals surface area (Å²) in [5, 5.41) is 3.39. The molecule has 2 aromatic heterocycles. The summed E-state index contributed by atoms with van der Waals surface area (Å²) in [5.41, 5.74) is 1.93. The maximum atomic E-state index is 13.0. The zero-order chi connectivity index (χ0) is 23.7. The number of nitrogens with zero attached hydrogens (tertiary/aromatic N) is 3. The molecule has 174 valence electrons. The van der Waals surface area contributed by atoms with Gasteiger partial charge < -0.3 is 23.7 Å². The summed E-state index contributed by atoms with van der Waals surface area (Å²) in [7, 11) is 3.17. The van der Waals surface area contributed by atoms with E-state index in [2.05, 4.69) is 4.98 Å². The number of para-hydroxylation sites is 1. The number of thiazole rings is 1. The molecule has 4 aromatic rings. The van der Waals surface area contributed by atoms with Gasteiger partial charge in [0.05, 0.1) is 14.2 Å². The molecule has 3 heterocycles. The molecule has 2 aromatic carbocycles. The summed E-state index contributed by atoms with van der Waals surface area (Å²) in [6, 6.07) is 14.8. The Kier molecular flexibility index (Phi) is 5.93. The van der Waals surface area contributed by atoms with Crippen molar-refractivity contribution in [2.75, 3.05) is 40.4 Å². The molecule has 1 saturated heterocycles. The molecule has 0 spiro atoms. The van der Waals surface area contributed by atoms with Gasteiger partial charge >= 0.3 is 0 Å². The van der Waals surface area contributed by atoms with E-state index in [1.165, 1.54) is 11.3 Å². The van der Waals surface area contributed by atoms with Gasteiger partial charge in [0, 0.05) is 42.5 Å². The highest BCUT2D eigenvalue weighted by molar-refractivity contribution is 7.13. The Balaban J connectivity index is 1.24. The fraction of sp³-hybridized carbons (Fsp3) is 0.240. The first kappa shape index (κ1) is 22.0. The number of rotatable bonds is 5. The Labute approximate surface area is 200 Å². The van der Waals surface area contributed by atoms with E-state index in [1.54, 1.807) is 35.5 Å². The minimum atomic E-state index is -0.160. The molecule has 1 aliphatic heterocycles. The van der Waals surface area contributed by atoms with Gasteiger partial charge in [-0.25, -0.2) is 4.98 Å². The summed E-state index contributed by atoms with van der Waals surface area (Å²) >= 11 is 1.40. The van der Waals surface area contributed by atoms with Crippen molar-refractivity contribution in [1.82, 2.24) is 14.8 Å².